The maximum atomic E-state index is 12.7. The van der Waals surface area contributed by atoms with Crippen molar-refractivity contribution < 1.29 is 27.5 Å². The third kappa shape index (κ3) is 6.06. The molecular weight excluding hydrogens is 518 g/mol. The summed E-state index contributed by atoms with van der Waals surface area (Å²) in [5.41, 5.74) is 3.45. The van der Waals surface area contributed by atoms with Crippen LogP contribution in [-0.4, -0.2) is 38.6 Å². The summed E-state index contributed by atoms with van der Waals surface area (Å²) in [5.74, 6) is -0.306. The number of nitrogens with one attached hydrogen (secondary N) is 3. The summed E-state index contributed by atoms with van der Waals surface area (Å²) in [4.78, 5) is 28.3. The monoisotopic (exact) mass is 547 g/mol. The van der Waals surface area contributed by atoms with Gasteiger partial charge >= 0.3 is 6.09 Å². The van der Waals surface area contributed by atoms with Crippen LogP contribution in [0.25, 0.3) is 10.9 Å². The van der Waals surface area contributed by atoms with Crippen molar-refractivity contribution in [3.8, 4) is 5.75 Å². The second-order valence-corrected chi connectivity index (χ2v) is 11.1. The molecule has 0 radical (unpaired) electrons. The zero-order valence-corrected chi connectivity index (χ0v) is 22.2. The maximum Gasteiger partial charge on any atom is 0.411 e. The van der Waals surface area contributed by atoms with E-state index in [1.165, 1.54) is 25.3 Å². The van der Waals surface area contributed by atoms with Crippen molar-refractivity contribution in [3.63, 3.8) is 0 Å². The van der Waals surface area contributed by atoms with Crippen LogP contribution < -0.4 is 14.8 Å². The molecule has 0 aliphatic heterocycles. The van der Waals surface area contributed by atoms with E-state index in [1.807, 2.05) is 24.4 Å². The maximum absolute atomic E-state index is 12.7. The highest BCUT2D eigenvalue weighted by molar-refractivity contribution is 7.90. The molecule has 0 saturated heterocycles. The van der Waals surface area contributed by atoms with Crippen LogP contribution in [0.5, 0.6) is 5.75 Å². The summed E-state index contributed by atoms with van der Waals surface area (Å²) in [5, 5.41) is 3.74. The van der Waals surface area contributed by atoms with Crippen molar-refractivity contribution in [2.24, 2.45) is 0 Å². The minimum atomic E-state index is -4.01. The first kappa shape index (κ1) is 26.3. The SMILES string of the molecule is COc1cc(C(=O)NS(=O)(=O)c2ccccc2)ccc1Cc1c[nH]c2ccc(NC(=O)OC3CCCC3)cc12. The molecule has 3 N–H and O–H groups in total. The van der Waals surface area contributed by atoms with Crippen LogP contribution in [0.4, 0.5) is 10.5 Å². The summed E-state index contributed by atoms with van der Waals surface area (Å²) in [7, 11) is -2.51. The van der Waals surface area contributed by atoms with E-state index in [4.69, 9.17) is 9.47 Å². The van der Waals surface area contributed by atoms with E-state index >= 15 is 0 Å². The van der Waals surface area contributed by atoms with E-state index in [0.29, 0.717) is 17.9 Å². The first-order valence-corrected chi connectivity index (χ1v) is 14.2. The third-order valence-corrected chi connectivity index (χ3v) is 8.15. The molecule has 0 unspecified atom stereocenters. The van der Waals surface area contributed by atoms with Gasteiger partial charge in [-0.15, -0.1) is 0 Å². The standard InChI is InChI=1S/C29H29N3O6S/c1-37-27-16-20(28(33)32-39(35,36)24-9-3-2-4-10-24)12-11-19(27)15-21-18-30-26-14-13-22(17-25(21)26)31-29(34)38-23-7-5-6-8-23/h2-4,9-14,16-18,23,30H,5-8,15H2,1H3,(H,31,34)(H,32,33). The lowest BCUT2D eigenvalue weighted by atomic mass is 10.0. The fraction of sp³-hybridized carbons (Fsp3) is 0.241. The number of benzene rings is 3. The average Bonchev–Trinajstić information content (AvgIpc) is 3.59. The molecule has 1 aliphatic carbocycles. The Labute approximate surface area is 226 Å². The molecule has 1 aromatic heterocycles. The van der Waals surface area contributed by atoms with Gasteiger partial charge in [0.25, 0.3) is 15.9 Å². The fourth-order valence-corrected chi connectivity index (χ4v) is 5.78. The number of methoxy groups -OCH3 is 1. The highest BCUT2D eigenvalue weighted by atomic mass is 32.2. The first-order chi connectivity index (χ1) is 18.8. The van der Waals surface area contributed by atoms with Crippen molar-refractivity contribution in [1.82, 2.24) is 9.71 Å². The van der Waals surface area contributed by atoms with E-state index in [0.717, 1.165) is 47.7 Å². The number of aromatic nitrogens is 1. The second-order valence-electron chi connectivity index (χ2n) is 9.46. The van der Waals surface area contributed by atoms with Crippen molar-refractivity contribution >= 4 is 38.6 Å². The average molecular weight is 548 g/mol. The van der Waals surface area contributed by atoms with Crippen molar-refractivity contribution in [2.45, 2.75) is 43.1 Å². The normalized spacial score (nSPS) is 13.8. The number of H-pyrrole nitrogens is 1. The molecule has 1 heterocycles. The van der Waals surface area contributed by atoms with Crippen LogP contribution >= 0.6 is 0 Å². The largest absolute Gasteiger partial charge is 0.496 e. The Bertz CT molecular complexity index is 1610. The van der Waals surface area contributed by atoms with Gasteiger partial charge in [-0.25, -0.2) is 17.9 Å². The van der Waals surface area contributed by atoms with E-state index in [2.05, 4.69) is 15.0 Å². The number of sulfonamides is 1. The molecule has 1 fully saturated rings. The number of carbonyl (C=O) groups is 2. The zero-order valence-electron chi connectivity index (χ0n) is 21.4. The second kappa shape index (κ2) is 11.2. The van der Waals surface area contributed by atoms with Gasteiger partial charge in [0.05, 0.1) is 12.0 Å². The molecule has 202 valence electrons. The lowest BCUT2D eigenvalue weighted by Gasteiger charge is -2.13. The molecule has 0 spiro atoms. The van der Waals surface area contributed by atoms with Crippen LogP contribution in [0.3, 0.4) is 0 Å². The highest BCUT2D eigenvalue weighted by Gasteiger charge is 2.21. The molecule has 10 heteroatoms. The molecule has 9 nitrogen and oxygen atoms in total. The highest BCUT2D eigenvalue weighted by Crippen LogP contribution is 2.29. The Morgan fingerprint density at radius 2 is 1.74 bits per heavy atom. The van der Waals surface area contributed by atoms with Crippen LogP contribution in [0.2, 0.25) is 0 Å². The Balaban J connectivity index is 1.32. The molecule has 1 aliphatic rings. The number of rotatable bonds is 8. The van der Waals surface area contributed by atoms with Gasteiger partial charge in [-0.1, -0.05) is 24.3 Å². The predicted molar refractivity (Wildman–Crippen MR) is 148 cm³/mol. The van der Waals surface area contributed by atoms with Gasteiger partial charge in [-0.3, -0.25) is 10.1 Å². The number of fused-ring (bicyclic) bond motifs is 1. The molecule has 1 saturated carbocycles. The Morgan fingerprint density at radius 3 is 2.49 bits per heavy atom. The van der Waals surface area contributed by atoms with E-state index in [1.54, 1.807) is 30.3 Å². The van der Waals surface area contributed by atoms with Crippen molar-refractivity contribution in [3.05, 3.63) is 89.6 Å². The van der Waals surface area contributed by atoms with Crippen LogP contribution in [0, 0.1) is 0 Å². The van der Waals surface area contributed by atoms with Crippen LogP contribution in [0.15, 0.2) is 77.8 Å². The molecule has 0 atom stereocenters. The molecule has 2 amide bonds. The molecule has 0 bridgehead atoms. The van der Waals surface area contributed by atoms with E-state index in [9.17, 15) is 18.0 Å². The minimum Gasteiger partial charge on any atom is -0.496 e. The van der Waals surface area contributed by atoms with Gasteiger partial charge in [0.2, 0.25) is 0 Å². The van der Waals surface area contributed by atoms with Gasteiger partial charge < -0.3 is 14.5 Å². The van der Waals surface area contributed by atoms with E-state index < -0.39 is 22.0 Å². The smallest absolute Gasteiger partial charge is 0.411 e. The number of aromatic amines is 1. The van der Waals surface area contributed by atoms with Crippen LogP contribution in [0.1, 0.15) is 47.2 Å². The Hall–Kier alpha value is -4.31. The van der Waals surface area contributed by atoms with Gasteiger partial charge in [0, 0.05) is 34.8 Å². The lowest BCUT2D eigenvalue weighted by molar-refractivity contribution is 0.0980. The first-order valence-electron chi connectivity index (χ1n) is 12.7. The fourth-order valence-electron chi connectivity index (χ4n) is 4.78. The summed E-state index contributed by atoms with van der Waals surface area (Å²) in [6.45, 7) is 0. The molecule has 39 heavy (non-hydrogen) atoms. The molecule has 4 aromatic rings. The summed E-state index contributed by atoms with van der Waals surface area (Å²) in [6, 6.07) is 18.1. The van der Waals surface area contributed by atoms with Gasteiger partial charge in [-0.05, 0) is 79.3 Å². The van der Waals surface area contributed by atoms with E-state index in [-0.39, 0.29) is 16.6 Å². The van der Waals surface area contributed by atoms with Gasteiger partial charge in [-0.2, -0.15) is 0 Å². The lowest BCUT2D eigenvalue weighted by Crippen LogP contribution is -2.30. The Morgan fingerprint density at radius 1 is 0.974 bits per heavy atom. The van der Waals surface area contributed by atoms with Crippen molar-refractivity contribution in [1.29, 1.82) is 0 Å². The number of hydrogen-bond donors (Lipinski definition) is 3. The molecule has 3 aromatic carbocycles. The van der Waals surface area contributed by atoms with Gasteiger partial charge in [0.1, 0.15) is 11.9 Å². The van der Waals surface area contributed by atoms with Crippen molar-refractivity contribution in [2.75, 3.05) is 12.4 Å². The number of carbonyl (C=O) groups excluding carboxylic acids is 2. The minimum absolute atomic E-state index is 0.00179. The number of amides is 2. The zero-order chi connectivity index (χ0) is 27.4. The van der Waals surface area contributed by atoms with Gasteiger partial charge in [0.15, 0.2) is 0 Å². The molecular formula is C29H29N3O6S. The molecule has 5 rings (SSSR count). The predicted octanol–water partition coefficient (Wildman–Crippen LogP) is 5.38. The number of hydrogen-bond acceptors (Lipinski definition) is 6. The number of anilines is 1. The number of ether oxygens (including phenoxy) is 2. The van der Waals surface area contributed by atoms with Crippen LogP contribution in [-0.2, 0) is 21.2 Å². The quantitative estimate of drug-likeness (QED) is 0.272. The summed E-state index contributed by atoms with van der Waals surface area (Å²) in [6.07, 6.45) is 5.85. The topological polar surface area (TPSA) is 127 Å². The summed E-state index contributed by atoms with van der Waals surface area (Å²) >= 11 is 0. The third-order valence-electron chi connectivity index (χ3n) is 6.80. The summed E-state index contributed by atoms with van der Waals surface area (Å²) < 4.78 is 38.3. The Kier molecular flexibility index (Phi) is 7.56.